The van der Waals surface area contributed by atoms with Crippen molar-refractivity contribution in [3.63, 3.8) is 0 Å². The second kappa shape index (κ2) is 9.52. The first-order valence-corrected chi connectivity index (χ1v) is 9.75. The smallest absolute Gasteiger partial charge is 0.225 e. The van der Waals surface area contributed by atoms with Crippen LogP contribution in [0.25, 0.3) is 11.3 Å². The average Bonchev–Trinajstić information content (AvgIpc) is 2.83. The Kier molecular flexibility index (Phi) is 6.15. The summed E-state index contributed by atoms with van der Waals surface area (Å²) in [6.45, 7) is 1.21. The molecule has 0 fully saturated rings. The molecule has 0 spiro atoms. The Balaban J connectivity index is 1.58. The minimum atomic E-state index is 0.565. The summed E-state index contributed by atoms with van der Waals surface area (Å²) in [7, 11) is 1.68. The lowest BCUT2D eigenvalue weighted by molar-refractivity contribution is 0.410. The Bertz CT molecular complexity index is 1090. The van der Waals surface area contributed by atoms with Gasteiger partial charge in [0.1, 0.15) is 11.6 Å². The van der Waals surface area contributed by atoms with Gasteiger partial charge in [-0.1, -0.05) is 48.5 Å². The molecule has 150 valence electrons. The standard InChI is InChI=1S/C24H23N5O/c1-30-22-10-6-5-9-20(22)17-26-23-15-21(19-7-3-2-4-8-19)28-24(29-23)27-16-18-11-13-25-14-12-18/h2-15H,16-17H2,1H3,(H2,26,27,28,29). The van der Waals surface area contributed by atoms with Crippen molar-refractivity contribution in [2.24, 2.45) is 0 Å². The van der Waals surface area contributed by atoms with Crippen LogP contribution in [0, 0.1) is 0 Å². The van der Waals surface area contributed by atoms with Crippen LogP contribution < -0.4 is 15.4 Å². The predicted octanol–water partition coefficient (Wildman–Crippen LogP) is 4.77. The maximum Gasteiger partial charge on any atom is 0.225 e. The lowest BCUT2D eigenvalue weighted by atomic mass is 10.1. The van der Waals surface area contributed by atoms with Crippen LogP contribution in [-0.2, 0) is 13.1 Å². The maximum atomic E-state index is 5.45. The zero-order valence-electron chi connectivity index (χ0n) is 16.7. The number of pyridine rings is 1. The molecule has 0 aliphatic heterocycles. The fourth-order valence-corrected chi connectivity index (χ4v) is 3.09. The molecule has 0 atom stereocenters. The molecule has 4 aromatic rings. The van der Waals surface area contributed by atoms with E-state index in [-0.39, 0.29) is 0 Å². The Labute approximate surface area is 176 Å². The van der Waals surface area contributed by atoms with Crippen LogP contribution in [0.4, 0.5) is 11.8 Å². The molecule has 6 nitrogen and oxygen atoms in total. The number of nitrogens with one attached hydrogen (secondary N) is 2. The van der Waals surface area contributed by atoms with Crippen molar-refractivity contribution in [2.45, 2.75) is 13.1 Å². The highest BCUT2D eigenvalue weighted by Crippen LogP contribution is 2.23. The molecule has 0 unspecified atom stereocenters. The zero-order valence-corrected chi connectivity index (χ0v) is 16.7. The molecular formula is C24H23N5O. The second-order valence-corrected chi connectivity index (χ2v) is 6.70. The third-order valence-corrected chi connectivity index (χ3v) is 4.65. The minimum Gasteiger partial charge on any atom is -0.496 e. The van der Waals surface area contributed by atoms with Gasteiger partial charge in [0.15, 0.2) is 0 Å². The molecule has 0 aliphatic rings. The molecule has 0 amide bonds. The number of para-hydroxylation sites is 1. The lowest BCUT2D eigenvalue weighted by Gasteiger charge is -2.13. The molecule has 2 heterocycles. The van der Waals surface area contributed by atoms with E-state index in [0.29, 0.717) is 19.0 Å². The first-order valence-electron chi connectivity index (χ1n) is 9.75. The van der Waals surface area contributed by atoms with Gasteiger partial charge in [-0.15, -0.1) is 0 Å². The van der Waals surface area contributed by atoms with Crippen molar-refractivity contribution >= 4 is 11.8 Å². The third-order valence-electron chi connectivity index (χ3n) is 4.65. The molecule has 6 heteroatoms. The van der Waals surface area contributed by atoms with Gasteiger partial charge in [0.05, 0.1) is 12.8 Å². The molecule has 4 rings (SSSR count). The number of benzene rings is 2. The molecule has 0 saturated heterocycles. The van der Waals surface area contributed by atoms with Crippen LogP contribution in [0.2, 0.25) is 0 Å². The highest BCUT2D eigenvalue weighted by Gasteiger charge is 2.08. The highest BCUT2D eigenvalue weighted by molar-refractivity contribution is 5.64. The quantitative estimate of drug-likeness (QED) is 0.446. The van der Waals surface area contributed by atoms with Gasteiger partial charge in [-0.05, 0) is 23.8 Å². The van der Waals surface area contributed by atoms with Gasteiger partial charge in [-0.25, -0.2) is 4.98 Å². The summed E-state index contributed by atoms with van der Waals surface area (Å²) >= 11 is 0. The molecule has 2 N–H and O–H groups in total. The predicted molar refractivity (Wildman–Crippen MR) is 119 cm³/mol. The van der Waals surface area contributed by atoms with E-state index in [1.54, 1.807) is 19.5 Å². The monoisotopic (exact) mass is 397 g/mol. The van der Waals surface area contributed by atoms with Crippen LogP contribution in [-0.4, -0.2) is 22.1 Å². The third kappa shape index (κ3) is 4.91. The van der Waals surface area contributed by atoms with Crippen molar-refractivity contribution in [3.8, 4) is 17.0 Å². The summed E-state index contributed by atoms with van der Waals surface area (Å²) in [6, 6.07) is 23.9. The van der Waals surface area contributed by atoms with E-state index in [2.05, 4.69) is 20.6 Å². The van der Waals surface area contributed by atoms with Gasteiger partial charge in [-0.2, -0.15) is 4.98 Å². The second-order valence-electron chi connectivity index (χ2n) is 6.70. The molecule has 2 aromatic heterocycles. The lowest BCUT2D eigenvalue weighted by Crippen LogP contribution is -2.08. The summed E-state index contributed by atoms with van der Waals surface area (Å²) < 4.78 is 5.45. The fraction of sp³-hybridized carbons (Fsp3) is 0.125. The minimum absolute atomic E-state index is 0.565. The number of aromatic nitrogens is 3. The Morgan fingerprint density at radius 2 is 1.57 bits per heavy atom. The molecule has 0 aliphatic carbocycles. The summed E-state index contributed by atoms with van der Waals surface area (Å²) in [6.07, 6.45) is 3.55. The van der Waals surface area contributed by atoms with Crippen molar-refractivity contribution < 1.29 is 4.74 Å². The Morgan fingerprint density at radius 1 is 0.800 bits per heavy atom. The van der Waals surface area contributed by atoms with Crippen LogP contribution in [0.5, 0.6) is 5.75 Å². The van der Waals surface area contributed by atoms with Gasteiger partial charge < -0.3 is 15.4 Å². The van der Waals surface area contributed by atoms with Crippen LogP contribution in [0.15, 0.2) is 85.2 Å². The number of hydrogen-bond donors (Lipinski definition) is 2. The van der Waals surface area contributed by atoms with Crippen molar-refractivity contribution in [1.29, 1.82) is 0 Å². The average molecular weight is 397 g/mol. The SMILES string of the molecule is COc1ccccc1CNc1cc(-c2ccccc2)nc(NCc2ccncc2)n1. The largest absolute Gasteiger partial charge is 0.496 e. The molecule has 0 radical (unpaired) electrons. The summed E-state index contributed by atoms with van der Waals surface area (Å²) in [5, 5.41) is 6.72. The summed E-state index contributed by atoms with van der Waals surface area (Å²) in [4.78, 5) is 13.4. The normalized spacial score (nSPS) is 10.4. The van der Waals surface area contributed by atoms with Crippen molar-refractivity contribution in [1.82, 2.24) is 15.0 Å². The van der Waals surface area contributed by atoms with Crippen molar-refractivity contribution in [2.75, 3.05) is 17.7 Å². The van der Waals surface area contributed by atoms with E-state index in [4.69, 9.17) is 9.72 Å². The fourth-order valence-electron chi connectivity index (χ4n) is 3.09. The first-order chi connectivity index (χ1) is 14.8. The molecule has 0 saturated carbocycles. The van der Waals surface area contributed by atoms with Crippen LogP contribution in [0.3, 0.4) is 0 Å². The zero-order chi connectivity index (χ0) is 20.6. The Morgan fingerprint density at radius 3 is 2.37 bits per heavy atom. The summed E-state index contributed by atoms with van der Waals surface area (Å²) in [5.74, 6) is 2.15. The van der Waals surface area contributed by atoms with Gasteiger partial charge in [-0.3, -0.25) is 4.98 Å². The van der Waals surface area contributed by atoms with E-state index in [0.717, 1.165) is 34.0 Å². The van der Waals surface area contributed by atoms with E-state index < -0.39 is 0 Å². The number of ether oxygens (including phenoxy) is 1. The van der Waals surface area contributed by atoms with E-state index in [9.17, 15) is 0 Å². The number of nitrogens with zero attached hydrogens (tertiary/aromatic N) is 3. The van der Waals surface area contributed by atoms with Gasteiger partial charge in [0.25, 0.3) is 0 Å². The first kappa shape index (κ1) is 19.4. The highest BCUT2D eigenvalue weighted by atomic mass is 16.5. The number of rotatable bonds is 8. The van der Waals surface area contributed by atoms with Crippen LogP contribution >= 0.6 is 0 Å². The number of methoxy groups -OCH3 is 1. The summed E-state index contributed by atoms with van der Waals surface area (Å²) in [5.41, 5.74) is 4.06. The molecule has 2 aromatic carbocycles. The number of anilines is 2. The van der Waals surface area contributed by atoms with E-state index in [1.807, 2.05) is 72.8 Å². The Hall–Kier alpha value is -3.93. The van der Waals surface area contributed by atoms with E-state index in [1.165, 1.54) is 0 Å². The molecule has 0 bridgehead atoms. The molecular weight excluding hydrogens is 374 g/mol. The molecule has 30 heavy (non-hydrogen) atoms. The number of hydrogen-bond acceptors (Lipinski definition) is 6. The van der Waals surface area contributed by atoms with Gasteiger partial charge in [0, 0.05) is 42.7 Å². The van der Waals surface area contributed by atoms with Gasteiger partial charge >= 0.3 is 0 Å². The van der Waals surface area contributed by atoms with Crippen molar-refractivity contribution in [3.05, 3.63) is 96.3 Å². The van der Waals surface area contributed by atoms with E-state index >= 15 is 0 Å². The topological polar surface area (TPSA) is 72.0 Å². The van der Waals surface area contributed by atoms with Gasteiger partial charge in [0.2, 0.25) is 5.95 Å². The van der Waals surface area contributed by atoms with Crippen LogP contribution in [0.1, 0.15) is 11.1 Å². The maximum absolute atomic E-state index is 5.45.